The Bertz CT molecular complexity index is 518. The monoisotopic (exact) mass is 248 g/mol. The molecule has 0 radical (unpaired) electrons. The number of hydrogen-bond donors (Lipinski definition) is 0. The van der Waals surface area contributed by atoms with Gasteiger partial charge in [0, 0.05) is 0 Å². The first kappa shape index (κ1) is 11.2. The number of benzene rings is 1. The Hall–Kier alpha value is -1.88. The second-order valence-electron chi connectivity index (χ2n) is 4.37. The van der Waals surface area contributed by atoms with Gasteiger partial charge >= 0.3 is 0 Å². The average molecular weight is 248 g/mol. The molecule has 0 bridgehead atoms. The van der Waals surface area contributed by atoms with Crippen molar-refractivity contribution in [3.05, 3.63) is 23.8 Å². The van der Waals surface area contributed by atoms with E-state index in [1.807, 2.05) is 0 Å². The molecule has 3 rings (SSSR count). The second kappa shape index (κ2) is 4.10. The summed E-state index contributed by atoms with van der Waals surface area (Å²) in [7, 11) is 0. The fourth-order valence-electron chi connectivity index (χ4n) is 1.87. The number of epoxide rings is 1. The van der Waals surface area contributed by atoms with Gasteiger partial charge in [0.15, 0.2) is 17.3 Å². The molecule has 1 aromatic rings. The molecule has 2 unspecified atom stereocenters. The summed E-state index contributed by atoms with van der Waals surface area (Å²) in [6.07, 6.45) is -0.900. The number of fused-ring (bicyclic) bond motifs is 1. The number of Topliss-reactive ketones (excluding diaryl/α,β-unsaturated/α-hetero) is 2. The molecular weight excluding hydrogens is 236 g/mol. The summed E-state index contributed by atoms with van der Waals surface area (Å²) in [6.45, 7) is 2.47. The number of carbonyl (C=O) groups is 2. The van der Waals surface area contributed by atoms with E-state index >= 15 is 0 Å². The number of ketones is 2. The van der Waals surface area contributed by atoms with E-state index in [1.54, 1.807) is 18.2 Å². The molecule has 2 atom stereocenters. The molecule has 5 heteroatoms. The molecule has 0 saturated carbocycles. The zero-order valence-corrected chi connectivity index (χ0v) is 9.84. The van der Waals surface area contributed by atoms with Crippen molar-refractivity contribution in [3.8, 4) is 11.5 Å². The number of ether oxygens (including phenoxy) is 3. The minimum atomic E-state index is -1.03. The van der Waals surface area contributed by atoms with E-state index in [0.29, 0.717) is 30.3 Å². The van der Waals surface area contributed by atoms with E-state index in [2.05, 4.69) is 0 Å². The Morgan fingerprint density at radius 1 is 1.50 bits per heavy atom. The minimum absolute atomic E-state index is 0.126. The predicted molar refractivity (Wildman–Crippen MR) is 61.1 cm³/mol. The maximum absolute atomic E-state index is 11.9. The Morgan fingerprint density at radius 3 is 2.94 bits per heavy atom. The van der Waals surface area contributed by atoms with Crippen LogP contribution in [0.25, 0.3) is 0 Å². The highest BCUT2D eigenvalue weighted by atomic mass is 16.6. The molecule has 0 aliphatic carbocycles. The molecule has 0 amide bonds. The number of rotatable bonds is 4. The first-order chi connectivity index (χ1) is 8.66. The van der Waals surface area contributed by atoms with Gasteiger partial charge in [0.05, 0.1) is 12.2 Å². The standard InChI is InChI=1S/C13H12O5/c1-7(14)12-11(15)9-3-2-4-10(13(9)18-12)17-6-8-5-16-8/h2-4,8,12H,5-6H2,1H3. The molecule has 2 heterocycles. The van der Waals surface area contributed by atoms with Crippen LogP contribution in [0.2, 0.25) is 0 Å². The van der Waals surface area contributed by atoms with Gasteiger partial charge in [-0.3, -0.25) is 9.59 Å². The number of hydrogen-bond acceptors (Lipinski definition) is 5. The summed E-state index contributed by atoms with van der Waals surface area (Å²) in [5, 5.41) is 0. The van der Waals surface area contributed by atoms with Crippen LogP contribution >= 0.6 is 0 Å². The molecular formula is C13H12O5. The van der Waals surface area contributed by atoms with Crippen molar-refractivity contribution in [2.45, 2.75) is 19.1 Å². The van der Waals surface area contributed by atoms with Crippen LogP contribution in [-0.2, 0) is 9.53 Å². The van der Waals surface area contributed by atoms with Crippen molar-refractivity contribution >= 4 is 11.6 Å². The normalized spacial score (nSPS) is 24.4. The zero-order valence-electron chi connectivity index (χ0n) is 9.84. The highest BCUT2D eigenvalue weighted by molar-refractivity contribution is 6.16. The van der Waals surface area contributed by atoms with Gasteiger partial charge in [0.2, 0.25) is 11.9 Å². The van der Waals surface area contributed by atoms with Gasteiger partial charge in [-0.05, 0) is 19.1 Å². The molecule has 1 fully saturated rings. The summed E-state index contributed by atoms with van der Waals surface area (Å²) in [6, 6.07) is 5.07. The van der Waals surface area contributed by atoms with E-state index in [9.17, 15) is 9.59 Å². The lowest BCUT2D eigenvalue weighted by molar-refractivity contribution is -0.121. The van der Waals surface area contributed by atoms with Crippen LogP contribution in [0.4, 0.5) is 0 Å². The fourth-order valence-corrected chi connectivity index (χ4v) is 1.87. The van der Waals surface area contributed by atoms with Crippen molar-refractivity contribution in [3.63, 3.8) is 0 Å². The van der Waals surface area contributed by atoms with Crippen LogP contribution in [0.3, 0.4) is 0 Å². The Morgan fingerprint density at radius 2 is 2.28 bits per heavy atom. The summed E-state index contributed by atoms with van der Waals surface area (Å²) < 4.78 is 16.0. The first-order valence-electron chi connectivity index (χ1n) is 5.75. The smallest absolute Gasteiger partial charge is 0.219 e. The highest BCUT2D eigenvalue weighted by Gasteiger charge is 2.37. The van der Waals surface area contributed by atoms with Gasteiger partial charge in [-0.2, -0.15) is 0 Å². The van der Waals surface area contributed by atoms with Crippen molar-refractivity contribution < 1.29 is 23.8 Å². The average Bonchev–Trinajstić information content (AvgIpc) is 3.11. The van der Waals surface area contributed by atoms with Crippen molar-refractivity contribution in [1.29, 1.82) is 0 Å². The Kier molecular flexibility index (Phi) is 2.56. The third-order valence-electron chi connectivity index (χ3n) is 2.91. The molecule has 18 heavy (non-hydrogen) atoms. The summed E-state index contributed by atoms with van der Waals surface area (Å²) in [5.74, 6) is 0.252. The number of carbonyl (C=O) groups excluding carboxylic acids is 2. The third-order valence-corrected chi connectivity index (χ3v) is 2.91. The SMILES string of the molecule is CC(=O)C1Oc2c(OCC3CO3)cccc2C1=O. The maximum Gasteiger partial charge on any atom is 0.219 e. The van der Waals surface area contributed by atoms with Gasteiger partial charge in [-0.15, -0.1) is 0 Å². The molecule has 1 saturated heterocycles. The minimum Gasteiger partial charge on any atom is -0.487 e. The predicted octanol–water partition coefficient (Wildman–Crippen LogP) is 0.997. The van der Waals surface area contributed by atoms with E-state index in [0.717, 1.165) is 0 Å². The molecule has 2 aliphatic rings. The molecule has 0 N–H and O–H groups in total. The molecule has 2 aliphatic heterocycles. The van der Waals surface area contributed by atoms with E-state index in [4.69, 9.17) is 14.2 Å². The van der Waals surface area contributed by atoms with Crippen LogP contribution in [0.5, 0.6) is 11.5 Å². The van der Waals surface area contributed by atoms with E-state index in [1.165, 1.54) is 6.92 Å². The maximum atomic E-state index is 11.9. The Labute approximate surface area is 104 Å². The van der Waals surface area contributed by atoms with Crippen LogP contribution in [0.1, 0.15) is 17.3 Å². The second-order valence-corrected chi connectivity index (χ2v) is 4.37. The molecule has 1 aromatic carbocycles. The molecule has 0 aromatic heterocycles. The van der Waals surface area contributed by atoms with Crippen LogP contribution in [0.15, 0.2) is 18.2 Å². The fraction of sp³-hybridized carbons (Fsp3) is 0.385. The number of para-hydroxylation sites is 1. The van der Waals surface area contributed by atoms with Crippen LogP contribution < -0.4 is 9.47 Å². The summed E-state index contributed by atoms with van der Waals surface area (Å²) >= 11 is 0. The largest absolute Gasteiger partial charge is 0.487 e. The Balaban J connectivity index is 1.86. The van der Waals surface area contributed by atoms with Gasteiger partial charge in [-0.1, -0.05) is 6.07 Å². The summed E-state index contributed by atoms with van der Waals surface area (Å²) in [5.41, 5.74) is 0.407. The topological polar surface area (TPSA) is 65.1 Å². The van der Waals surface area contributed by atoms with Crippen LogP contribution in [-0.4, -0.2) is 37.0 Å². The lowest BCUT2D eigenvalue weighted by atomic mass is 10.1. The van der Waals surface area contributed by atoms with Crippen molar-refractivity contribution in [2.75, 3.05) is 13.2 Å². The quantitative estimate of drug-likeness (QED) is 0.587. The van der Waals surface area contributed by atoms with Crippen LogP contribution in [0, 0.1) is 0 Å². The first-order valence-corrected chi connectivity index (χ1v) is 5.75. The molecule has 94 valence electrons. The highest BCUT2D eigenvalue weighted by Crippen LogP contribution is 2.38. The van der Waals surface area contributed by atoms with E-state index in [-0.39, 0.29) is 17.7 Å². The van der Waals surface area contributed by atoms with Gasteiger partial charge in [0.1, 0.15) is 12.7 Å². The van der Waals surface area contributed by atoms with Crippen molar-refractivity contribution in [2.24, 2.45) is 0 Å². The van der Waals surface area contributed by atoms with Crippen molar-refractivity contribution in [1.82, 2.24) is 0 Å². The lowest BCUT2D eigenvalue weighted by Gasteiger charge is -2.09. The molecule has 0 spiro atoms. The third kappa shape index (κ3) is 1.86. The van der Waals surface area contributed by atoms with Gasteiger partial charge in [0.25, 0.3) is 0 Å². The molecule has 5 nitrogen and oxygen atoms in total. The van der Waals surface area contributed by atoms with Gasteiger partial charge in [-0.25, -0.2) is 0 Å². The summed E-state index contributed by atoms with van der Waals surface area (Å²) in [4.78, 5) is 23.2. The van der Waals surface area contributed by atoms with E-state index < -0.39 is 6.10 Å². The zero-order chi connectivity index (χ0) is 12.7. The van der Waals surface area contributed by atoms with Gasteiger partial charge < -0.3 is 14.2 Å². The lowest BCUT2D eigenvalue weighted by Crippen LogP contribution is -2.28.